The van der Waals surface area contributed by atoms with Gasteiger partial charge in [-0.05, 0) is 31.9 Å². The number of nitrogens with one attached hydrogen (secondary N) is 1. The average Bonchev–Trinajstić information content (AvgIpc) is 3.10. The molecule has 2 aromatic heterocycles. The number of nitrogens with zero attached hydrogens (tertiary/aromatic N) is 4. The Hall–Kier alpha value is -2.41. The van der Waals surface area contributed by atoms with Crippen LogP contribution in [0.15, 0.2) is 36.8 Å². The Morgan fingerprint density at radius 2 is 2.33 bits per heavy atom. The second-order valence-electron chi connectivity index (χ2n) is 6.20. The van der Waals surface area contributed by atoms with Crippen LogP contribution in [0.25, 0.3) is 0 Å². The fourth-order valence-electron chi connectivity index (χ4n) is 2.99. The lowest BCUT2D eigenvalue weighted by molar-refractivity contribution is 0.0254. The highest BCUT2D eigenvalue weighted by atomic mass is 16.3. The summed E-state index contributed by atoms with van der Waals surface area (Å²) in [5.41, 5.74) is -0.440. The molecule has 0 aromatic carbocycles. The zero-order valence-corrected chi connectivity index (χ0v) is 13.9. The molecule has 0 radical (unpaired) electrons. The van der Waals surface area contributed by atoms with Gasteiger partial charge in [0.05, 0.1) is 17.4 Å². The van der Waals surface area contributed by atoms with E-state index in [1.807, 2.05) is 25.1 Å². The zero-order valence-electron chi connectivity index (χ0n) is 13.9. The number of anilines is 1. The molecule has 2 aromatic rings. The second-order valence-corrected chi connectivity index (χ2v) is 6.20. The molecule has 1 atom stereocenters. The van der Waals surface area contributed by atoms with Crippen molar-refractivity contribution in [2.45, 2.75) is 31.9 Å². The predicted octanol–water partition coefficient (Wildman–Crippen LogP) is 1.06. The van der Waals surface area contributed by atoms with E-state index < -0.39 is 5.60 Å². The molecule has 0 aliphatic carbocycles. The molecule has 1 fully saturated rings. The first-order valence-electron chi connectivity index (χ1n) is 8.29. The van der Waals surface area contributed by atoms with E-state index in [0.29, 0.717) is 18.5 Å². The van der Waals surface area contributed by atoms with Crippen LogP contribution in [0.3, 0.4) is 0 Å². The third-order valence-electron chi connectivity index (χ3n) is 4.33. The van der Waals surface area contributed by atoms with E-state index in [0.717, 1.165) is 25.3 Å². The predicted molar refractivity (Wildman–Crippen MR) is 90.9 cm³/mol. The van der Waals surface area contributed by atoms with Crippen molar-refractivity contribution in [3.05, 3.63) is 42.4 Å². The lowest BCUT2D eigenvalue weighted by Gasteiger charge is -2.39. The zero-order chi connectivity index (χ0) is 17.0. The Balaban J connectivity index is 1.60. The number of β-amino-alcohol motifs (C(OH)–C–C–N with tert-alkyl or cyclic N) is 1. The topological polar surface area (TPSA) is 83.3 Å². The Bertz CT molecular complexity index is 687. The van der Waals surface area contributed by atoms with Crippen molar-refractivity contribution in [2.75, 3.05) is 24.5 Å². The van der Waals surface area contributed by atoms with E-state index >= 15 is 0 Å². The molecule has 1 amide bonds. The summed E-state index contributed by atoms with van der Waals surface area (Å²) in [6.45, 7) is 4.21. The van der Waals surface area contributed by atoms with Gasteiger partial charge in [-0.1, -0.05) is 6.07 Å². The number of aryl methyl sites for hydroxylation is 1. The maximum absolute atomic E-state index is 12.2. The van der Waals surface area contributed by atoms with Crippen molar-refractivity contribution in [2.24, 2.45) is 0 Å². The summed E-state index contributed by atoms with van der Waals surface area (Å²) >= 11 is 0. The molecule has 0 spiro atoms. The summed E-state index contributed by atoms with van der Waals surface area (Å²) in [4.78, 5) is 18.6. The fourth-order valence-corrected chi connectivity index (χ4v) is 2.99. The molecule has 1 aliphatic rings. The minimum absolute atomic E-state index is 0.210. The number of rotatable bonds is 5. The lowest BCUT2D eigenvalue weighted by atomic mass is 9.92. The molecule has 0 bridgehead atoms. The van der Waals surface area contributed by atoms with E-state index in [4.69, 9.17) is 0 Å². The molecular weight excluding hydrogens is 306 g/mol. The summed E-state index contributed by atoms with van der Waals surface area (Å²) in [5.74, 6) is 0.643. The highest BCUT2D eigenvalue weighted by molar-refractivity contribution is 5.93. The van der Waals surface area contributed by atoms with Crippen LogP contribution in [-0.4, -0.2) is 51.0 Å². The van der Waals surface area contributed by atoms with Crippen molar-refractivity contribution >= 4 is 11.7 Å². The highest BCUT2D eigenvalue weighted by Crippen LogP contribution is 2.24. The van der Waals surface area contributed by atoms with E-state index in [1.165, 1.54) is 0 Å². The third kappa shape index (κ3) is 3.73. The molecule has 2 N–H and O–H groups in total. The molecule has 1 saturated heterocycles. The van der Waals surface area contributed by atoms with Crippen LogP contribution in [0.5, 0.6) is 0 Å². The number of piperidine rings is 1. The fraction of sp³-hybridized carbons (Fsp3) is 0.471. The Kier molecular flexibility index (Phi) is 4.80. The van der Waals surface area contributed by atoms with Crippen molar-refractivity contribution in [3.8, 4) is 0 Å². The van der Waals surface area contributed by atoms with Gasteiger partial charge in [0.1, 0.15) is 5.82 Å². The largest absolute Gasteiger partial charge is 0.386 e. The second kappa shape index (κ2) is 7.00. The van der Waals surface area contributed by atoms with Gasteiger partial charge < -0.3 is 15.3 Å². The molecule has 128 valence electrons. The first-order valence-corrected chi connectivity index (χ1v) is 8.29. The van der Waals surface area contributed by atoms with E-state index in [-0.39, 0.29) is 12.5 Å². The number of carbonyl (C=O) groups is 1. The van der Waals surface area contributed by atoms with Crippen LogP contribution in [0, 0.1) is 0 Å². The van der Waals surface area contributed by atoms with Crippen LogP contribution < -0.4 is 10.2 Å². The number of aromatic nitrogens is 3. The molecule has 0 saturated carbocycles. The molecule has 3 heterocycles. The summed E-state index contributed by atoms with van der Waals surface area (Å²) in [5, 5.41) is 17.8. The number of aliphatic hydroxyl groups is 1. The normalized spacial score (nSPS) is 20.8. The number of amides is 1. The summed E-state index contributed by atoms with van der Waals surface area (Å²) < 4.78 is 1.70. The number of hydrogen-bond donors (Lipinski definition) is 2. The first kappa shape index (κ1) is 16.4. The van der Waals surface area contributed by atoms with Gasteiger partial charge in [0, 0.05) is 38.6 Å². The highest BCUT2D eigenvalue weighted by Gasteiger charge is 2.34. The van der Waals surface area contributed by atoms with Crippen LogP contribution >= 0.6 is 0 Å². The smallest absolute Gasteiger partial charge is 0.254 e. The van der Waals surface area contributed by atoms with Crippen LogP contribution in [0.4, 0.5) is 5.82 Å². The van der Waals surface area contributed by atoms with Crippen molar-refractivity contribution in [1.29, 1.82) is 0 Å². The Morgan fingerprint density at radius 3 is 3.04 bits per heavy atom. The molecule has 7 heteroatoms. The maximum atomic E-state index is 12.2. The van der Waals surface area contributed by atoms with E-state index in [2.05, 4.69) is 20.3 Å². The number of pyridine rings is 1. The average molecular weight is 329 g/mol. The van der Waals surface area contributed by atoms with Gasteiger partial charge in [0.2, 0.25) is 0 Å². The first-order chi connectivity index (χ1) is 11.6. The molecule has 0 unspecified atom stereocenters. The number of hydrogen-bond acceptors (Lipinski definition) is 5. The standard InChI is InChI=1S/C17H23N5O2/c1-2-22-11-14(10-20-22)16(23)19-12-17(24)7-5-9-21(13-17)15-6-3-4-8-18-15/h3-4,6,8,10-11,24H,2,5,7,9,12-13H2,1H3,(H,19,23)/t17-/m1/s1. The monoisotopic (exact) mass is 329 g/mol. The maximum Gasteiger partial charge on any atom is 0.254 e. The minimum Gasteiger partial charge on any atom is -0.386 e. The van der Waals surface area contributed by atoms with Gasteiger partial charge in [0.15, 0.2) is 0 Å². The SMILES string of the molecule is CCn1cc(C(=O)NC[C@]2(O)CCCN(c3ccccn3)C2)cn1. The summed E-state index contributed by atoms with van der Waals surface area (Å²) in [6, 6.07) is 5.74. The molecule has 24 heavy (non-hydrogen) atoms. The van der Waals surface area contributed by atoms with Crippen LogP contribution in [0.1, 0.15) is 30.1 Å². The van der Waals surface area contributed by atoms with Gasteiger partial charge >= 0.3 is 0 Å². The minimum atomic E-state index is -0.952. The molecule has 7 nitrogen and oxygen atoms in total. The van der Waals surface area contributed by atoms with Crippen LogP contribution in [-0.2, 0) is 6.54 Å². The number of carbonyl (C=O) groups excluding carboxylic acids is 1. The van der Waals surface area contributed by atoms with Crippen LogP contribution in [0.2, 0.25) is 0 Å². The van der Waals surface area contributed by atoms with Gasteiger partial charge in [-0.3, -0.25) is 9.48 Å². The molecule has 1 aliphatic heterocycles. The molecule has 3 rings (SSSR count). The third-order valence-corrected chi connectivity index (χ3v) is 4.33. The quantitative estimate of drug-likeness (QED) is 0.857. The van der Waals surface area contributed by atoms with Crippen molar-refractivity contribution in [1.82, 2.24) is 20.1 Å². The Morgan fingerprint density at radius 1 is 1.46 bits per heavy atom. The van der Waals surface area contributed by atoms with Gasteiger partial charge in [-0.2, -0.15) is 5.10 Å². The molecular formula is C17H23N5O2. The van der Waals surface area contributed by atoms with E-state index in [1.54, 1.807) is 23.3 Å². The Labute approximate surface area is 141 Å². The lowest BCUT2D eigenvalue weighted by Crippen LogP contribution is -2.54. The summed E-state index contributed by atoms with van der Waals surface area (Å²) in [6.07, 6.45) is 6.52. The van der Waals surface area contributed by atoms with Crippen molar-refractivity contribution in [3.63, 3.8) is 0 Å². The van der Waals surface area contributed by atoms with Gasteiger partial charge in [-0.25, -0.2) is 4.98 Å². The van der Waals surface area contributed by atoms with Gasteiger partial charge in [-0.15, -0.1) is 0 Å². The summed E-state index contributed by atoms with van der Waals surface area (Å²) in [7, 11) is 0. The van der Waals surface area contributed by atoms with E-state index in [9.17, 15) is 9.90 Å². The van der Waals surface area contributed by atoms with Crippen molar-refractivity contribution < 1.29 is 9.90 Å². The van der Waals surface area contributed by atoms with Gasteiger partial charge in [0.25, 0.3) is 5.91 Å².